The summed E-state index contributed by atoms with van der Waals surface area (Å²) in [7, 11) is 1.65. The van der Waals surface area contributed by atoms with E-state index in [1.807, 2.05) is 0 Å². The first-order chi connectivity index (χ1) is 7.63. The van der Waals surface area contributed by atoms with Gasteiger partial charge in [-0.05, 0) is 6.92 Å². The van der Waals surface area contributed by atoms with Crippen molar-refractivity contribution in [3.63, 3.8) is 0 Å². The van der Waals surface area contributed by atoms with Gasteiger partial charge in [-0.3, -0.25) is 10.1 Å². The number of hydrogen-bond donors (Lipinski definition) is 1. The first-order valence-electron chi connectivity index (χ1n) is 4.53. The summed E-state index contributed by atoms with van der Waals surface area (Å²) in [4.78, 5) is 11.3. The average molecular weight is 282 g/mol. The van der Waals surface area contributed by atoms with Crippen LogP contribution in [0.5, 0.6) is 0 Å². The molecule has 0 aliphatic carbocycles. The third-order valence-corrected chi connectivity index (χ3v) is 3.65. The Morgan fingerprint density at radius 2 is 2.44 bits per heavy atom. The van der Waals surface area contributed by atoms with Gasteiger partial charge in [0, 0.05) is 12.9 Å². The van der Waals surface area contributed by atoms with E-state index < -0.39 is 5.38 Å². The number of carbonyl (C=O) groups excluding carboxylic acids is 1. The molecule has 0 unspecified atom stereocenters. The Morgan fingerprint density at radius 3 is 3.06 bits per heavy atom. The fourth-order valence-corrected chi connectivity index (χ4v) is 2.52. The van der Waals surface area contributed by atoms with Crippen molar-refractivity contribution in [1.29, 1.82) is 0 Å². The van der Waals surface area contributed by atoms with Crippen molar-refractivity contribution in [2.45, 2.75) is 16.6 Å². The summed E-state index contributed by atoms with van der Waals surface area (Å²) in [6.45, 7) is 2.26. The van der Waals surface area contributed by atoms with Crippen molar-refractivity contribution in [3.05, 3.63) is 0 Å². The van der Waals surface area contributed by atoms with Gasteiger partial charge >= 0.3 is 0 Å². The van der Waals surface area contributed by atoms with Gasteiger partial charge in [0.2, 0.25) is 11.0 Å². The first kappa shape index (κ1) is 13.7. The van der Waals surface area contributed by atoms with Crippen molar-refractivity contribution in [2.75, 3.05) is 24.8 Å². The highest BCUT2D eigenvalue weighted by Crippen LogP contribution is 2.25. The second-order valence-electron chi connectivity index (χ2n) is 2.82. The Morgan fingerprint density at radius 1 is 1.69 bits per heavy atom. The van der Waals surface area contributed by atoms with E-state index in [0.29, 0.717) is 11.7 Å². The normalized spacial score (nSPS) is 12.4. The Bertz CT molecular complexity index is 346. The van der Waals surface area contributed by atoms with E-state index in [4.69, 9.17) is 16.3 Å². The number of alkyl halides is 1. The standard InChI is InChI=1S/C8H12ClN3O2S2/c1-5(9)6(13)10-7-11-12-8(16-7)15-4-3-14-2/h5H,3-4H2,1-2H3,(H,10,11,13)/t5-/m0/s1. The van der Waals surface area contributed by atoms with Crippen molar-refractivity contribution < 1.29 is 9.53 Å². The molecule has 8 heteroatoms. The number of amides is 1. The molecule has 1 heterocycles. The molecule has 1 aromatic heterocycles. The summed E-state index contributed by atoms with van der Waals surface area (Å²) in [6.07, 6.45) is 0. The second kappa shape index (κ2) is 7.05. The van der Waals surface area contributed by atoms with Crippen LogP contribution in [0.1, 0.15) is 6.92 Å². The fraction of sp³-hybridized carbons (Fsp3) is 0.625. The minimum atomic E-state index is -0.575. The number of nitrogens with zero attached hydrogens (tertiary/aromatic N) is 2. The van der Waals surface area contributed by atoms with Crippen LogP contribution in [0.15, 0.2) is 4.34 Å². The maximum atomic E-state index is 11.3. The van der Waals surface area contributed by atoms with Gasteiger partial charge in [0.15, 0.2) is 4.34 Å². The Kier molecular flexibility index (Phi) is 6.04. The van der Waals surface area contributed by atoms with E-state index in [1.54, 1.807) is 14.0 Å². The van der Waals surface area contributed by atoms with Crippen LogP contribution in [0, 0.1) is 0 Å². The fourth-order valence-electron chi connectivity index (χ4n) is 0.736. The zero-order valence-corrected chi connectivity index (χ0v) is 11.3. The third kappa shape index (κ3) is 4.65. The van der Waals surface area contributed by atoms with Gasteiger partial charge in [-0.15, -0.1) is 21.8 Å². The Balaban J connectivity index is 2.42. The lowest BCUT2D eigenvalue weighted by molar-refractivity contribution is -0.115. The summed E-state index contributed by atoms with van der Waals surface area (Å²) < 4.78 is 5.72. The van der Waals surface area contributed by atoms with Crippen LogP contribution in [-0.2, 0) is 9.53 Å². The van der Waals surface area contributed by atoms with Crippen LogP contribution in [0.25, 0.3) is 0 Å². The third-order valence-electron chi connectivity index (χ3n) is 1.51. The molecule has 1 amide bonds. The summed E-state index contributed by atoms with van der Waals surface area (Å²) in [5.74, 6) is 0.539. The van der Waals surface area contributed by atoms with Gasteiger partial charge in [-0.2, -0.15) is 0 Å². The largest absolute Gasteiger partial charge is 0.384 e. The van der Waals surface area contributed by atoms with Gasteiger partial charge in [0.1, 0.15) is 5.38 Å². The molecule has 5 nitrogen and oxygen atoms in total. The highest BCUT2D eigenvalue weighted by atomic mass is 35.5. The lowest BCUT2D eigenvalue weighted by Crippen LogP contribution is -2.20. The minimum Gasteiger partial charge on any atom is -0.384 e. The smallest absolute Gasteiger partial charge is 0.243 e. The van der Waals surface area contributed by atoms with Gasteiger partial charge in [-0.25, -0.2) is 0 Å². The van der Waals surface area contributed by atoms with Gasteiger partial charge in [-0.1, -0.05) is 23.1 Å². The van der Waals surface area contributed by atoms with Gasteiger partial charge in [0.25, 0.3) is 0 Å². The van der Waals surface area contributed by atoms with Crippen LogP contribution in [0.4, 0.5) is 5.13 Å². The van der Waals surface area contributed by atoms with Crippen LogP contribution in [0.2, 0.25) is 0 Å². The van der Waals surface area contributed by atoms with Gasteiger partial charge in [0.05, 0.1) is 6.61 Å². The van der Waals surface area contributed by atoms with Crippen LogP contribution < -0.4 is 5.32 Å². The van der Waals surface area contributed by atoms with Crippen LogP contribution in [-0.4, -0.2) is 41.0 Å². The maximum Gasteiger partial charge on any atom is 0.243 e. The Labute approximate surface area is 107 Å². The molecular weight excluding hydrogens is 270 g/mol. The molecule has 1 aromatic rings. The van der Waals surface area contributed by atoms with E-state index in [-0.39, 0.29) is 5.91 Å². The van der Waals surface area contributed by atoms with Crippen LogP contribution in [0.3, 0.4) is 0 Å². The molecule has 0 aliphatic heterocycles. The molecular formula is C8H12ClN3O2S2. The molecule has 1 N–H and O–H groups in total. The lowest BCUT2D eigenvalue weighted by Gasteiger charge is -2.00. The van der Waals surface area contributed by atoms with Crippen molar-refractivity contribution >= 4 is 45.7 Å². The first-order valence-corrected chi connectivity index (χ1v) is 6.77. The summed E-state index contributed by atoms with van der Waals surface area (Å²) in [5.41, 5.74) is 0. The number of ether oxygens (including phenoxy) is 1. The number of hydrogen-bond acceptors (Lipinski definition) is 6. The van der Waals surface area contributed by atoms with Crippen molar-refractivity contribution in [2.24, 2.45) is 0 Å². The summed E-state index contributed by atoms with van der Waals surface area (Å²) >= 11 is 8.47. The molecule has 0 saturated heterocycles. The zero-order valence-electron chi connectivity index (χ0n) is 8.90. The number of carbonyl (C=O) groups is 1. The molecule has 0 aliphatic rings. The average Bonchev–Trinajstić information content (AvgIpc) is 2.66. The van der Waals surface area contributed by atoms with E-state index >= 15 is 0 Å². The molecule has 1 atom stereocenters. The predicted octanol–water partition coefficient (Wildman–Crippen LogP) is 1.84. The molecule has 0 saturated carbocycles. The molecule has 0 spiro atoms. The molecule has 0 bridgehead atoms. The number of methoxy groups -OCH3 is 1. The number of halogens is 1. The number of rotatable bonds is 6. The number of thioether (sulfide) groups is 1. The van der Waals surface area contributed by atoms with Gasteiger partial charge < -0.3 is 4.74 Å². The summed E-state index contributed by atoms with van der Waals surface area (Å²) in [5, 5.41) is 10.2. The van der Waals surface area contributed by atoms with Crippen molar-refractivity contribution in [1.82, 2.24) is 10.2 Å². The number of nitrogens with one attached hydrogen (secondary N) is 1. The quantitative estimate of drug-likeness (QED) is 0.373. The molecule has 0 fully saturated rings. The van der Waals surface area contributed by atoms with Crippen LogP contribution >= 0.6 is 34.7 Å². The van der Waals surface area contributed by atoms with E-state index in [1.165, 1.54) is 23.1 Å². The lowest BCUT2D eigenvalue weighted by atomic mass is 10.4. The molecule has 0 radical (unpaired) electrons. The summed E-state index contributed by atoms with van der Waals surface area (Å²) in [6, 6.07) is 0. The highest BCUT2D eigenvalue weighted by Gasteiger charge is 2.12. The SMILES string of the molecule is COCCSc1nnc(NC(=O)[C@H](C)Cl)s1. The molecule has 90 valence electrons. The van der Waals surface area contributed by atoms with Crippen molar-refractivity contribution in [3.8, 4) is 0 Å². The minimum absolute atomic E-state index is 0.272. The monoisotopic (exact) mass is 281 g/mol. The second-order valence-corrected chi connectivity index (χ2v) is 5.79. The maximum absolute atomic E-state index is 11.3. The molecule has 16 heavy (non-hydrogen) atoms. The Hall–Kier alpha value is -0.370. The molecule has 1 rings (SSSR count). The van der Waals surface area contributed by atoms with E-state index in [0.717, 1.165) is 10.1 Å². The zero-order chi connectivity index (χ0) is 12.0. The van der Waals surface area contributed by atoms with E-state index in [9.17, 15) is 4.79 Å². The number of anilines is 1. The highest BCUT2D eigenvalue weighted by molar-refractivity contribution is 8.01. The predicted molar refractivity (Wildman–Crippen MR) is 66.5 cm³/mol. The molecule has 0 aromatic carbocycles. The number of aromatic nitrogens is 2. The topological polar surface area (TPSA) is 64.1 Å². The van der Waals surface area contributed by atoms with E-state index in [2.05, 4.69) is 15.5 Å².